The highest BCUT2D eigenvalue weighted by molar-refractivity contribution is 4.66. The van der Waals surface area contributed by atoms with Crippen molar-refractivity contribution in [3.05, 3.63) is 25.3 Å². The van der Waals surface area contributed by atoms with Crippen LogP contribution in [0.25, 0.3) is 0 Å². The van der Waals surface area contributed by atoms with E-state index >= 15 is 0 Å². The Kier molecular flexibility index (Phi) is 30.0. The first-order chi connectivity index (χ1) is 27.5. The molecule has 0 aliphatic heterocycles. The number of halogens is 10. The van der Waals surface area contributed by atoms with Crippen molar-refractivity contribution in [1.29, 1.82) is 0 Å². The van der Waals surface area contributed by atoms with E-state index in [0.717, 1.165) is 0 Å². The topological polar surface area (TPSA) is 201 Å². The standard InChI is InChI=1S/C32H52F10O17/c1-3-5-47-11-25(44)15-53-16-27(46)18-55-21-31(39,40)59-32(41,42)58-30(37,38)19-51-9-7-49-13-24(43)14-50-8-10-52-23-56-22-29(35,36)57-28(33,34)20-54-17-26(45)12-48-6-4-2/h3-4,24-27,43-46H,1-2,5-23H2. The maximum absolute atomic E-state index is 13.8. The van der Waals surface area contributed by atoms with Crippen molar-refractivity contribution < 1.29 is 126 Å². The maximum Gasteiger partial charge on any atom is 0.495 e. The second-order valence-corrected chi connectivity index (χ2v) is 11.7. The Hall–Kier alpha value is -1.90. The van der Waals surface area contributed by atoms with Gasteiger partial charge in [-0.15, -0.1) is 21.9 Å². The Morgan fingerprint density at radius 2 is 0.678 bits per heavy atom. The second-order valence-electron chi connectivity index (χ2n) is 11.7. The molecule has 0 rings (SSSR count). The summed E-state index contributed by atoms with van der Waals surface area (Å²) in [6.07, 6.45) is -26.6. The molecule has 0 aromatic carbocycles. The molecule has 27 heteroatoms. The lowest BCUT2D eigenvalue weighted by Gasteiger charge is -2.26. The summed E-state index contributed by atoms with van der Waals surface area (Å²) in [4.78, 5) is 0. The van der Waals surface area contributed by atoms with Crippen LogP contribution in [0.1, 0.15) is 0 Å². The van der Waals surface area contributed by atoms with Crippen LogP contribution in [0.5, 0.6) is 0 Å². The molecule has 0 aliphatic rings. The molecule has 4 atom stereocenters. The number of aliphatic hydroxyl groups is 4. The van der Waals surface area contributed by atoms with Crippen LogP contribution in [0.2, 0.25) is 0 Å². The molecule has 0 saturated heterocycles. The first kappa shape index (κ1) is 57.1. The van der Waals surface area contributed by atoms with E-state index in [0.29, 0.717) is 0 Å². The van der Waals surface area contributed by atoms with Crippen LogP contribution < -0.4 is 0 Å². The highest BCUT2D eigenvalue weighted by Gasteiger charge is 2.52. The summed E-state index contributed by atoms with van der Waals surface area (Å²) in [6.45, 7) is -6.00. The predicted molar refractivity (Wildman–Crippen MR) is 176 cm³/mol. The van der Waals surface area contributed by atoms with Crippen molar-refractivity contribution in [2.45, 2.75) is 55.1 Å². The number of alkyl halides is 10. The summed E-state index contributed by atoms with van der Waals surface area (Å²) in [7, 11) is 0. The van der Waals surface area contributed by atoms with Crippen LogP contribution in [0.3, 0.4) is 0 Å². The Bertz CT molecular complexity index is 1070. The largest absolute Gasteiger partial charge is 0.495 e. The molecule has 0 fully saturated rings. The van der Waals surface area contributed by atoms with Crippen molar-refractivity contribution >= 4 is 0 Å². The zero-order chi connectivity index (χ0) is 44.9. The lowest BCUT2D eigenvalue weighted by Crippen LogP contribution is -2.44. The molecule has 4 unspecified atom stereocenters. The van der Waals surface area contributed by atoms with E-state index in [-0.39, 0.29) is 52.9 Å². The first-order valence-electron chi connectivity index (χ1n) is 17.2. The van der Waals surface area contributed by atoms with Gasteiger partial charge in [0.25, 0.3) is 0 Å². The number of hydrogen-bond donors (Lipinski definition) is 4. The van der Waals surface area contributed by atoms with Crippen molar-refractivity contribution in [3.63, 3.8) is 0 Å². The Morgan fingerprint density at radius 1 is 0.373 bits per heavy atom. The normalized spacial score (nSPS) is 15.3. The SMILES string of the molecule is C=CCOCC(O)COCC(O)COCC(F)(F)OC(F)(F)OC(F)(F)COCCOCC(O)COCCOCOCC(F)(F)OC(F)(F)COCC(O)COCC=C. The van der Waals surface area contributed by atoms with E-state index in [9.17, 15) is 64.3 Å². The molecular weight excluding hydrogens is 846 g/mol. The summed E-state index contributed by atoms with van der Waals surface area (Å²) in [5.41, 5.74) is 0. The maximum atomic E-state index is 13.8. The summed E-state index contributed by atoms with van der Waals surface area (Å²) in [5, 5.41) is 38.5. The predicted octanol–water partition coefficient (Wildman–Crippen LogP) is 1.90. The third-order valence-electron chi connectivity index (χ3n) is 5.78. The zero-order valence-electron chi connectivity index (χ0n) is 31.7. The molecule has 0 bridgehead atoms. The van der Waals surface area contributed by atoms with Crippen molar-refractivity contribution in [2.75, 3.05) is 126 Å². The summed E-state index contributed by atoms with van der Waals surface area (Å²) < 4.78 is 194. The molecule has 0 spiro atoms. The third kappa shape index (κ3) is 35.4. The fraction of sp³-hybridized carbons (Fsp3) is 0.875. The lowest BCUT2D eigenvalue weighted by molar-refractivity contribution is -0.518. The highest BCUT2D eigenvalue weighted by atomic mass is 19.3. The average molecular weight is 899 g/mol. The number of ether oxygens (including phenoxy) is 13. The molecule has 0 aliphatic carbocycles. The van der Waals surface area contributed by atoms with E-state index in [1.165, 1.54) is 12.2 Å². The number of rotatable bonds is 42. The van der Waals surface area contributed by atoms with Crippen LogP contribution in [-0.2, 0) is 61.6 Å². The van der Waals surface area contributed by atoms with Crippen LogP contribution in [-0.4, -0.2) is 201 Å². The smallest absolute Gasteiger partial charge is 0.388 e. The van der Waals surface area contributed by atoms with Gasteiger partial charge in [0.15, 0.2) is 0 Å². The van der Waals surface area contributed by atoms with Crippen LogP contribution >= 0.6 is 0 Å². The van der Waals surface area contributed by atoms with Gasteiger partial charge in [-0.1, -0.05) is 12.2 Å². The minimum atomic E-state index is -5.54. The fourth-order valence-corrected chi connectivity index (χ4v) is 3.58. The van der Waals surface area contributed by atoms with E-state index in [1.54, 1.807) is 0 Å². The average Bonchev–Trinajstić information content (AvgIpc) is 3.09. The Labute approximate surface area is 332 Å². The molecular formula is C32H52F10O17. The van der Waals surface area contributed by atoms with Gasteiger partial charge in [0.1, 0.15) is 57.6 Å². The minimum absolute atomic E-state index is 0.0840. The summed E-state index contributed by atoms with van der Waals surface area (Å²) >= 11 is 0. The van der Waals surface area contributed by atoms with Gasteiger partial charge in [-0.25, -0.2) is 9.47 Å². The van der Waals surface area contributed by atoms with Crippen molar-refractivity contribution in [3.8, 4) is 0 Å². The van der Waals surface area contributed by atoms with Crippen molar-refractivity contribution in [2.24, 2.45) is 0 Å². The van der Waals surface area contributed by atoms with Gasteiger partial charge in [-0.05, 0) is 0 Å². The molecule has 59 heavy (non-hydrogen) atoms. The van der Waals surface area contributed by atoms with E-state index < -0.39 is 128 Å². The van der Waals surface area contributed by atoms with Gasteiger partial charge >= 0.3 is 30.7 Å². The first-order valence-corrected chi connectivity index (χ1v) is 17.2. The summed E-state index contributed by atoms with van der Waals surface area (Å²) in [5.74, 6) is 0. The molecule has 352 valence electrons. The molecule has 0 saturated carbocycles. The highest BCUT2D eigenvalue weighted by Crippen LogP contribution is 2.33. The van der Waals surface area contributed by atoms with E-state index in [2.05, 4.69) is 46.3 Å². The quantitative estimate of drug-likeness (QED) is 0.0300. The molecule has 0 amide bonds. The van der Waals surface area contributed by atoms with E-state index in [1.807, 2.05) is 0 Å². The van der Waals surface area contributed by atoms with Gasteiger partial charge in [-0.2, -0.15) is 35.1 Å². The fourth-order valence-electron chi connectivity index (χ4n) is 3.58. The third-order valence-corrected chi connectivity index (χ3v) is 5.78. The Morgan fingerprint density at radius 3 is 1.10 bits per heavy atom. The van der Waals surface area contributed by atoms with Gasteiger partial charge in [0, 0.05) is 0 Å². The monoisotopic (exact) mass is 898 g/mol. The van der Waals surface area contributed by atoms with E-state index in [4.69, 9.17) is 28.4 Å². The molecule has 0 radical (unpaired) electrons. The van der Waals surface area contributed by atoms with Gasteiger partial charge in [0.05, 0.1) is 92.5 Å². The zero-order valence-corrected chi connectivity index (χ0v) is 31.7. The molecule has 0 aromatic heterocycles. The van der Waals surface area contributed by atoms with Crippen LogP contribution in [0.4, 0.5) is 43.9 Å². The lowest BCUT2D eigenvalue weighted by atomic mass is 10.4. The van der Waals surface area contributed by atoms with Crippen LogP contribution in [0.15, 0.2) is 25.3 Å². The minimum Gasteiger partial charge on any atom is -0.388 e. The van der Waals surface area contributed by atoms with Gasteiger partial charge in [0.2, 0.25) is 0 Å². The van der Waals surface area contributed by atoms with Gasteiger partial charge < -0.3 is 67.8 Å². The number of aliphatic hydroxyl groups excluding tert-OH is 4. The number of hydrogen-bond acceptors (Lipinski definition) is 17. The Balaban J connectivity index is 4.06. The molecule has 17 nitrogen and oxygen atoms in total. The van der Waals surface area contributed by atoms with Gasteiger partial charge in [-0.3, -0.25) is 4.74 Å². The molecule has 0 aromatic rings. The summed E-state index contributed by atoms with van der Waals surface area (Å²) in [6, 6.07) is 0. The molecule has 4 N–H and O–H groups in total. The second kappa shape index (κ2) is 31.0. The molecule has 0 heterocycles. The van der Waals surface area contributed by atoms with Crippen LogP contribution in [0, 0.1) is 0 Å². The van der Waals surface area contributed by atoms with Crippen molar-refractivity contribution in [1.82, 2.24) is 0 Å².